The van der Waals surface area contributed by atoms with E-state index in [0.717, 1.165) is 19.3 Å². The highest BCUT2D eigenvalue weighted by molar-refractivity contribution is 7.89. The average Bonchev–Trinajstić information content (AvgIpc) is 2.79. The Bertz CT molecular complexity index is 805. The van der Waals surface area contributed by atoms with Crippen LogP contribution in [0.5, 0.6) is 0 Å². The molecule has 2 heterocycles. The maximum atomic E-state index is 13.0. The second-order valence-corrected chi connectivity index (χ2v) is 7.79. The smallest absolute Gasteiger partial charge is 0.258 e. The number of fused-ring (bicyclic) bond motifs is 1. The van der Waals surface area contributed by atoms with E-state index in [2.05, 4.69) is 13.2 Å². The molecule has 122 valence electrons. The lowest BCUT2D eigenvalue weighted by molar-refractivity contribution is -0.112. The number of rotatable bonds is 3. The minimum Gasteiger partial charge on any atom is -0.311 e. The van der Waals surface area contributed by atoms with Gasteiger partial charge in [-0.1, -0.05) is 25.7 Å². The lowest BCUT2D eigenvalue weighted by Gasteiger charge is -2.27. The molecule has 0 saturated carbocycles. The first-order valence-corrected chi connectivity index (χ1v) is 9.10. The monoisotopic (exact) mass is 332 g/mol. The Morgan fingerprint density at radius 3 is 2.43 bits per heavy atom. The number of carbonyl (C=O) groups is 1. The van der Waals surface area contributed by atoms with Crippen LogP contribution in [-0.2, 0) is 14.8 Å². The number of hydrogen-bond acceptors (Lipinski definition) is 3. The van der Waals surface area contributed by atoms with Gasteiger partial charge in [-0.05, 0) is 25.0 Å². The molecule has 0 aromatic heterocycles. The fourth-order valence-corrected chi connectivity index (χ4v) is 5.00. The lowest BCUT2D eigenvalue weighted by Crippen LogP contribution is -2.36. The first-order valence-electron chi connectivity index (χ1n) is 7.66. The van der Waals surface area contributed by atoms with Gasteiger partial charge in [-0.3, -0.25) is 4.79 Å². The van der Waals surface area contributed by atoms with Crippen molar-refractivity contribution in [3.8, 4) is 0 Å². The number of hydrogen-bond donors (Lipinski definition) is 0. The second-order valence-electron chi connectivity index (χ2n) is 5.88. The van der Waals surface area contributed by atoms with E-state index in [4.69, 9.17) is 0 Å². The van der Waals surface area contributed by atoms with E-state index in [1.54, 1.807) is 19.2 Å². The number of nitrogens with zero attached hydrogens (tertiary/aromatic N) is 2. The van der Waals surface area contributed by atoms with Crippen molar-refractivity contribution in [3.05, 3.63) is 36.4 Å². The predicted octanol–water partition coefficient (Wildman–Crippen LogP) is 2.49. The Balaban J connectivity index is 2.17. The van der Waals surface area contributed by atoms with Gasteiger partial charge in [-0.2, -0.15) is 4.31 Å². The summed E-state index contributed by atoms with van der Waals surface area (Å²) in [7, 11) is -1.94. The molecule has 1 aromatic rings. The van der Waals surface area contributed by atoms with Gasteiger partial charge in [0.1, 0.15) is 0 Å². The van der Waals surface area contributed by atoms with Crippen LogP contribution < -0.4 is 4.90 Å². The maximum Gasteiger partial charge on any atom is 0.258 e. The first-order chi connectivity index (χ1) is 10.9. The largest absolute Gasteiger partial charge is 0.311 e. The molecule has 2 aliphatic rings. The Morgan fingerprint density at radius 1 is 1.17 bits per heavy atom. The molecule has 1 fully saturated rings. The third-order valence-corrected chi connectivity index (χ3v) is 6.50. The lowest BCUT2D eigenvalue weighted by atomic mass is 10.0. The van der Waals surface area contributed by atoms with E-state index >= 15 is 0 Å². The minimum atomic E-state index is -3.59. The van der Waals surface area contributed by atoms with Crippen molar-refractivity contribution < 1.29 is 13.2 Å². The van der Waals surface area contributed by atoms with E-state index in [1.165, 1.54) is 15.3 Å². The third kappa shape index (κ3) is 2.33. The van der Waals surface area contributed by atoms with E-state index in [-0.39, 0.29) is 10.8 Å². The number of anilines is 1. The third-order valence-electron chi connectivity index (χ3n) is 4.55. The van der Waals surface area contributed by atoms with Crippen molar-refractivity contribution in [2.45, 2.75) is 24.2 Å². The van der Waals surface area contributed by atoms with Crippen LogP contribution in [0.4, 0.5) is 5.69 Å². The molecule has 0 N–H and O–H groups in total. The van der Waals surface area contributed by atoms with E-state index in [1.807, 2.05) is 0 Å². The molecule has 0 spiro atoms. The van der Waals surface area contributed by atoms with Gasteiger partial charge in [-0.25, -0.2) is 8.42 Å². The summed E-state index contributed by atoms with van der Waals surface area (Å²) in [5.74, 6) is -0.212. The fourth-order valence-electron chi connectivity index (χ4n) is 3.28. The molecule has 23 heavy (non-hydrogen) atoms. The number of benzene rings is 1. The highest BCUT2D eigenvalue weighted by Crippen LogP contribution is 2.41. The summed E-state index contributed by atoms with van der Waals surface area (Å²) in [5.41, 5.74) is 2.03. The van der Waals surface area contributed by atoms with Crippen molar-refractivity contribution in [2.75, 3.05) is 25.0 Å². The summed E-state index contributed by atoms with van der Waals surface area (Å²) in [6.07, 6.45) is 4.32. The number of piperidine rings is 1. The molecule has 6 heteroatoms. The van der Waals surface area contributed by atoms with Crippen LogP contribution >= 0.6 is 0 Å². The summed E-state index contributed by atoms with van der Waals surface area (Å²) < 4.78 is 27.5. The molecular formula is C17H20N2O3S. The second kappa shape index (κ2) is 5.62. The molecule has 0 atom stereocenters. The fraction of sp³-hybridized carbons (Fsp3) is 0.353. The number of carbonyl (C=O) groups excluding carboxylic acids is 1. The number of sulfonamides is 1. The summed E-state index contributed by atoms with van der Waals surface area (Å²) in [5, 5.41) is 0. The SMILES string of the molecule is C=Cc1c(S(=O)(=O)N2CCCCC2)ccc2c1C(=C)C(=O)N2C. The zero-order valence-electron chi connectivity index (χ0n) is 13.2. The molecule has 0 aliphatic carbocycles. The van der Waals surface area contributed by atoms with Crippen LogP contribution in [0.15, 0.2) is 30.2 Å². The molecule has 0 radical (unpaired) electrons. The maximum absolute atomic E-state index is 13.0. The van der Waals surface area contributed by atoms with E-state index in [9.17, 15) is 13.2 Å². The van der Waals surface area contributed by atoms with Gasteiger partial charge >= 0.3 is 0 Å². The Morgan fingerprint density at radius 2 is 1.83 bits per heavy atom. The van der Waals surface area contributed by atoms with Crippen LogP contribution in [-0.4, -0.2) is 38.8 Å². The highest BCUT2D eigenvalue weighted by atomic mass is 32.2. The Labute approximate surface area is 136 Å². The van der Waals surface area contributed by atoms with Gasteiger partial charge in [0.15, 0.2) is 0 Å². The highest BCUT2D eigenvalue weighted by Gasteiger charge is 2.35. The zero-order chi connectivity index (χ0) is 16.8. The molecule has 5 nitrogen and oxygen atoms in total. The van der Waals surface area contributed by atoms with Crippen molar-refractivity contribution in [1.29, 1.82) is 0 Å². The molecule has 0 unspecified atom stereocenters. The zero-order valence-corrected chi connectivity index (χ0v) is 14.0. The summed E-state index contributed by atoms with van der Waals surface area (Å²) in [6, 6.07) is 3.25. The van der Waals surface area contributed by atoms with Crippen LogP contribution in [0.3, 0.4) is 0 Å². The van der Waals surface area contributed by atoms with Crippen molar-refractivity contribution >= 4 is 33.3 Å². The van der Waals surface area contributed by atoms with Crippen molar-refractivity contribution in [2.24, 2.45) is 0 Å². The van der Waals surface area contributed by atoms with Gasteiger partial charge < -0.3 is 4.90 Å². The molecular weight excluding hydrogens is 312 g/mol. The molecule has 1 aromatic carbocycles. The molecule has 1 saturated heterocycles. The van der Waals surface area contributed by atoms with Gasteiger partial charge in [0.25, 0.3) is 5.91 Å². The first kappa shape index (κ1) is 16.0. The molecule has 2 aliphatic heterocycles. The summed E-state index contributed by atoms with van der Waals surface area (Å²) in [4.78, 5) is 13.8. The van der Waals surface area contributed by atoms with Crippen LogP contribution in [0, 0.1) is 0 Å². The quantitative estimate of drug-likeness (QED) is 0.799. The van der Waals surface area contributed by atoms with Crippen LogP contribution in [0.25, 0.3) is 11.6 Å². The van der Waals surface area contributed by atoms with Crippen LogP contribution in [0.2, 0.25) is 0 Å². The summed E-state index contributed by atoms with van der Waals surface area (Å²) >= 11 is 0. The molecule has 3 rings (SSSR count). The molecule has 1 amide bonds. The topological polar surface area (TPSA) is 57.7 Å². The van der Waals surface area contributed by atoms with Gasteiger partial charge in [0.2, 0.25) is 10.0 Å². The standard InChI is InChI=1S/C17H20N2O3S/c1-4-13-15(23(21,22)19-10-6-5-7-11-19)9-8-14-16(13)12(2)17(20)18(14)3/h4,8-9H,1-2,5-7,10-11H2,3H3. The van der Waals surface area contributed by atoms with E-state index in [0.29, 0.717) is 35.5 Å². The summed E-state index contributed by atoms with van der Waals surface area (Å²) in [6.45, 7) is 8.66. The normalized spacial score (nSPS) is 19.1. The van der Waals surface area contributed by atoms with Gasteiger partial charge in [-0.15, -0.1) is 0 Å². The van der Waals surface area contributed by atoms with Gasteiger partial charge in [0.05, 0.1) is 10.6 Å². The van der Waals surface area contributed by atoms with Gasteiger partial charge in [0, 0.05) is 36.8 Å². The van der Waals surface area contributed by atoms with Crippen molar-refractivity contribution in [1.82, 2.24) is 4.31 Å². The average molecular weight is 332 g/mol. The van der Waals surface area contributed by atoms with Crippen LogP contribution in [0.1, 0.15) is 30.4 Å². The number of likely N-dealkylation sites (N-methyl/N-ethyl adjacent to an activating group) is 1. The molecule has 0 bridgehead atoms. The number of amides is 1. The Kier molecular flexibility index (Phi) is 3.90. The predicted molar refractivity (Wildman–Crippen MR) is 91.6 cm³/mol. The van der Waals surface area contributed by atoms with E-state index < -0.39 is 10.0 Å². The Hall–Kier alpha value is -1.92. The minimum absolute atomic E-state index is 0.206. The van der Waals surface area contributed by atoms with Crippen molar-refractivity contribution in [3.63, 3.8) is 0 Å².